The first kappa shape index (κ1) is 22.1. The number of thioether (sulfide) groups is 1. The van der Waals surface area contributed by atoms with Gasteiger partial charge in [0, 0.05) is 22.1 Å². The summed E-state index contributed by atoms with van der Waals surface area (Å²) < 4.78 is 12.6. The number of aromatic nitrogens is 1. The molecule has 0 saturated carbocycles. The van der Waals surface area contributed by atoms with Crippen LogP contribution in [0.3, 0.4) is 0 Å². The van der Waals surface area contributed by atoms with Crippen molar-refractivity contribution in [3.05, 3.63) is 87.3 Å². The van der Waals surface area contributed by atoms with Crippen molar-refractivity contribution >= 4 is 23.4 Å². The largest absolute Gasteiger partial charge is 0.487 e. The van der Waals surface area contributed by atoms with Gasteiger partial charge in [0.15, 0.2) is 0 Å². The molecule has 2 aromatic carbocycles. The molecule has 0 aliphatic carbocycles. The summed E-state index contributed by atoms with van der Waals surface area (Å²) >= 11 is 7.61. The monoisotopic (exact) mass is 445 g/mol. The van der Waals surface area contributed by atoms with Crippen LogP contribution in [0.5, 0.6) is 11.5 Å². The van der Waals surface area contributed by atoms with Gasteiger partial charge in [-0.05, 0) is 61.4 Å². The molecule has 0 saturated heterocycles. The molecule has 0 aliphatic heterocycles. The SMILES string of the molecule is CCCC(Oc1cccc(OCc2cc(C)cc(=O)n2O)c1)Sc1ccc(Cl)cc1. The molecule has 5 nitrogen and oxygen atoms in total. The summed E-state index contributed by atoms with van der Waals surface area (Å²) in [4.78, 5) is 12.8. The lowest BCUT2D eigenvalue weighted by molar-refractivity contribution is 0.147. The lowest BCUT2D eigenvalue weighted by Gasteiger charge is -2.19. The fourth-order valence-electron chi connectivity index (χ4n) is 2.85. The van der Waals surface area contributed by atoms with Gasteiger partial charge in [0.05, 0.1) is 5.69 Å². The molecule has 1 aromatic heterocycles. The van der Waals surface area contributed by atoms with Gasteiger partial charge in [-0.1, -0.05) is 42.8 Å². The van der Waals surface area contributed by atoms with Crippen LogP contribution in [0.25, 0.3) is 0 Å². The second-order valence-corrected chi connectivity index (χ2v) is 8.51. The van der Waals surface area contributed by atoms with Crippen LogP contribution in [-0.4, -0.2) is 15.4 Å². The third-order valence-corrected chi connectivity index (χ3v) is 5.68. The molecule has 0 radical (unpaired) electrons. The zero-order valence-corrected chi connectivity index (χ0v) is 18.4. The van der Waals surface area contributed by atoms with Crippen molar-refractivity contribution in [2.24, 2.45) is 0 Å². The molecule has 0 aliphatic rings. The maximum atomic E-state index is 11.7. The Morgan fingerprint density at radius 3 is 2.57 bits per heavy atom. The molecule has 0 spiro atoms. The summed E-state index contributed by atoms with van der Waals surface area (Å²) in [7, 11) is 0. The van der Waals surface area contributed by atoms with Gasteiger partial charge in [-0.3, -0.25) is 4.79 Å². The molecule has 1 atom stereocenters. The third kappa shape index (κ3) is 6.21. The highest BCUT2D eigenvalue weighted by atomic mass is 35.5. The summed E-state index contributed by atoms with van der Waals surface area (Å²) in [6, 6.07) is 18.1. The van der Waals surface area contributed by atoms with Crippen LogP contribution in [-0.2, 0) is 6.61 Å². The Balaban J connectivity index is 1.67. The maximum absolute atomic E-state index is 11.7. The number of hydrogen-bond donors (Lipinski definition) is 1. The Morgan fingerprint density at radius 2 is 1.83 bits per heavy atom. The number of halogens is 1. The smallest absolute Gasteiger partial charge is 0.283 e. The Labute approximate surface area is 185 Å². The summed E-state index contributed by atoms with van der Waals surface area (Å²) in [5.74, 6) is 1.28. The molecular weight excluding hydrogens is 422 g/mol. The highest BCUT2D eigenvalue weighted by Crippen LogP contribution is 2.31. The van der Waals surface area contributed by atoms with Crippen molar-refractivity contribution in [1.82, 2.24) is 4.73 Å². The standard InChI is InChI=1S/C23H24ClNO4S/c1-3-5-23(30-21-10-8-17(24)9-11-21)29-20-7-4-6-19(14-20)28-15-18-12-16(2)13-22(26)25(18)27/h4,6-14,23,27H,3,5,15H2,1-2H3. The summed E-state index contributed by atoms with van der Waals surface area (Å²) in [6.07, 6.45) is 1.88. The molecule has 7 heteroatoms. The first-order chi connectivity index (χ1) is 14.4. The molecule has 1 N–H and O–H groups in total. The van der Waals surface area contributed by atoms with Crippen LogP contribution in [0.4, 0.5) is 0 Å². The number of nitrogens with zero attached hydrogens (tertiary/aromatic N) is 1. The van der Waals surface area contributed by atoms with Crippen molar-refractivity contribution in [2.75, 3.05) is 0 Å². The van der Waals surface area contributed by atoms with Crippen molar-refractivity contribution < 1.29 is 14.7 Å². The molecular formula is C23H24ClNO4S. The zero-order valence-electron chi connectivity index (χ0n) is 16.9. The Kier molecular flexibility index (Phi) is 7.71. The van der Waals surface area contributed by atoms with Crippen LogP contribution in [0.1, 0.15) is 31.0 Å². The average Bonchev–Trinajstić information content (AvgIpc) is 2.72. The van der Waals surface area contributed by atoms with Gasteiger partial charge in [0.2, 0.25) is 0 Å². The van der Waals surface area contributed by atoms with E-state index in [9.17, 15) is 10.0 Å². The van der Waals surface area contributed by atoms with Gasteiger partial charge in [0.1, 0.15) is 23.5 Å². The fourth-order valence-corrected chi connectivity index (χ4v) is 4.09. The average molecular weight is 446 g/mol. The van der Waals surface area contributed by atoms with E-state index in [1.807, 2.05) is 42.5 Å². The van der Waals surface area contributed by atoms with Crippen LogP contribution in [0.15, 0.2) is 70.4 Å². The lowest BCUT2D eigenvalue weighted by atomic mass is 10.2. The first-order valence-electron chi connectivity index (χ1n) is 9.68. The van der Waals surface area contributed by atoms with E-state index >= 15 is 0 Å². The number of ether oxygens (including phenoxy) is 2. The number of benzene rings is 2. The molecule has 0 bridgehead atoms. The Hall–Kier alpha value is -2.57. The fraction of sp³-hybridized carbons (Fsp3) is 0.261. The number of pyridine rings is 1. The number of rotatable bonds is 9. The van der Waals surface area contributed by atoms with Crippen molar-refractivity contribution in [3.63, 3.8) is 0 Å². The second kappa shape index (κ2) is 10.5. The van der Waals surface area contributed by atoms with Crippen LogP contribution in [0, 0.1) is 6.92 Å². The summed E-state index contributed by atoms with van der Waals surface area (Å²) in [6.45, 7) is 3.98. The molecule has 3 rings (SSSR count). The van der Waals surface area contributed by atoms with Gasteiger partial charge in [0.25, 0.3) is 5.56 Å². The Bertz CT molecular complexity index is 1040. The highest BCUT2D eigenvalue weighted by Gasteiger charge is 2.13. The van der Waals surface area contributed by atoms with Gasteiger partial charge in [-0.25, -0.2) is 0 Å². The van der Waals surface area contributed by atoms with E-state index in [4.69, 9.17) is 21.1 Å². The van der Waals surface area contributed by atoms with Gasteiger partial charge < -0.3 is 14.7 Å². The lowest BCUT2D eigenvalue weighted by Crippen LogP contribution is -2.21. The summed E-state index contributed by atoms with van der Waals surface area (Å²) in [5.41, 5.74) is 0.620. The minimum atomic E-state index is -0.479. The van der Waals surface area contributed by atoms with Gasteiger partial charge >= 0.3 is 0 Å². The third-order valence-electron chi connectivity index (χ3n) is 4.29. The van der Waals surface area contributed by atoms with Crippen LogP contribution in [0.2, 0.25) is 5.02 Å². The van der Waals surface area contributed by atoms with E-state index in [-0.39, 0.29) is 12.0 Å². The summed E-state index contributed by atoms with van der Waals surface area (Å²) in [5, 5.41) is 10.6. The minimum Gasteiger partial charge on any atom is -0.487 e. The molecule has 30 heavy (non-hydrogen) atoms. The van der Waals surface area contributed by atoms with E-state index in [1.54, 1.807) is 30.8 Å². The predicted molar refractivity (Wildman–Crippen MR) is 120 cm³/mol. The zero-order chi connectivity index (χ0) is 21.5. The molecule has 1 heterocycles. The highest BCUT2D eigenvalue weighted by molar-refractivity contribution is 7.99. The Morgan fingerprint density at radius 1 is 1.10 bits per heavy atom. The van der Waals surface area contributed by atoms with E-state index in [0.29, 0.717) is 26.9 Å². The normalized spacial score (nSPS) is 11.8. The van der Waals surface area contributed by atoms with Crippen molar-refractivity contribution in [2.45, 2.75) is 43.6 Å². The first-order valence-corrected chi connectivity index (χ1v) is 10.9. The molecule has 0 fully saturated rings. The van der Waals surface area contributed by atoms with Crippen molar-refractivity contribution in [1.29, 1.82) is 0 Å². The van der Waals surface area contributed by atoms with Gasteiger partial charge in [-0.2, -0.15) is 0 Å². The number of aryl methyl sites for hydroxylation is 1. The van der Waals surface area contributed by atoms with E-state index in [0.717, 1.165) is 23.3 Å². The minimum absolute atomic E-state index is 0.0502. The molecule has 158 valence electrons. The molecule has 3 aromatic rings. The van der Waals surface area contributed by atoms with Crippen molar-refractivity contribution in [3.8, 4) is 11.5 Å². The second-order valence-electron chi connectivity index (χ2n) is 6.85. The molecule has 1 unspecified atom stereocenters. The maximum Gasteiger partial charge on any atom is 0.283 e. The molecule has 0 amide bonds. The predicted octanol–water partition coefficient (Wildman–Crippen LogP) is 5.92. The number of hydrogen-bond acceptors (Lipinski definition) is 5. The van der Waals surface area contributed by atoms with Crippen LogP contribution >= 0.6 is 23.4 Å². The van der Waals surface area contributed by atoms with Crippen LogP contribution < -0.4 is 15.0 Å². The topological polar surface area (TPSA) is 60.7 Å². The quantitative estimate of drug-likeness (QED) is 0.251. The van der Waals surface area contributed by atoms with E-state index in [1.165, 1.54) is 6.07 Å². The van der Waals surface area contributed by atoms with Gasteiger partial charge in [-0.15, -0.1) is 4.73 Å². The van der Waals surface area contributed by atoms with E-state index in [2.05, 4.69) is 6.92 Å². The van der Waals surface area contributed by atoms with E-state index < -0.39 is 5.56 Å².